The van der Waals surface area contributed by atoms with Gasteiger partial charge in [-0.1, -0.05) is 25.5 Å². The summed E-state index contributed by atoms with van der Waals surface area (Å²) in [4.78, 5) is 0. The zero-order valence-corrected chi connectivity index (χ0v) is 14.3. The van der Waals surface area contributed by atoms with Crippen LogP contribution in [-0.4, -0.2) is 21.4 Å². The van der Waals surface area contributed by atoms with Crippen LogP contribution in [-0.2, 0) is 11.8 Å². The molecule has 0 radical (unpaired) electrons. The Bertz CT molecular complexity index is 677. The van der Waals surface area contributed by atoms with Crippen LogP contribution in [0.5, 0.6) is 0 Å². The van der Waals surface area contributed by atoms with Crippen molar-refractivity contribution in [1.29, 1.82) is 0 Å². The zero-order valence-electron chi connectivity index (χ0n) is 14.3. The molecular weight excluding hydrogens is 284 g/mol. The Hall–Kier alpha value is -1.09. The van der Waals surface area contributed by atoms with Gasteiger partial charge >= 0.3 is 0 Å². The van der Waals surface area contributed by atoms with E-state index in [0.717, 1.165) is 30.6 Å². The summed E-state index contributed by atoms with van der Waals surface area (Å²) < 4.78 is 0. The Kier molecular flexibility index (Phi) is 2.79. The number of rotatable bonds is 0. The number of fused-ring (bicyclic) bond motifs is 7. The van der Waals surface area contributed by atoms with Gasteiger partial charge in [0, 0.05) is 11.1 Å². The van der Waals surface area contributed by atoms with Crippen LogP contribution in [0.2, 0.25) is 0 Å². The highest BCUT2D eigenvalue weighted by molar-refractivity contribution is 5.36. The van der Waals surface area contributed by atoms with Gasteiger partial charge in [0.15, 0.2) is 0 Å². The minimum atomic E-state index is -0.0999. The Morgan fingerprint density at radius 2 is 1.96 bits per heavy atom. The Morgan fingerprint density at radius 1 is 1.13 bits per heavy atom. The average molecular weight is 312 g/mol. The maximum absolute atomic E-state index is 10.1. The lowest BCUT2D eigenvalue weighted by Gasteiger charge is -2.57. The maximum Gasteiger partial charge on any atom is 0.0577 e. The van der Waals surface area contributed by atoms with Crippen molar-refractivity contribution in [3.8, 4) is 0 Å². The lowest BCUT2D eigenvalue weighted by atomic mass is 9.48. The van der Waals surface area contributed by atoms with Gasteiger partial charge < -0.3 is 5.11 Å². The SMILES string of the molecule is C[C@]12CC[C@H](O)CC1=CC[C@H]1[C@H]2CC[C@]2(C)c3[nH]ncc3C[C@@H]12. The predicted molar refractivity (Wildman–Crippen MR) is 90.0 cm³/mol. The first-order valence-corrected chi connectivity index (χ1v) is 9.43. The molecule has 4 aliphatic rings. The van der Waals surface area contributed by atoms with Gasteiger partial charge in [0.05, 0.1) is 12.3 Å². The van der Waals surface area contributed by atoms with E-state index in [1.807, 2.05) is 0 Å². The molecule has 2 saturated carbocycles. The van der Waals surface area contributed by atoms with Crippen molar-refractivity contribution in [2.45, 2.75) is 70.3 Å². The third-order valence-corrected chi connectivity index (χ3v) is 8.20. The first-order valence-electron chi connectivity index (χ1n) is 9.43. The molecular formula is C20H28N2O. The third kappa shape index (κ3) is 1.72. The molecule has 1 aromatic rings. The van der Waals surface area contributed by atoms with E-state index in [0.29, 0.717) is 10.8 Å². The fourth-order valence-electron chi connectivity index (χ4n) is 6.85. The molecule has 1 aromatic heterocycles. The minimum Gasteiger partial charge on any atom is -0.393 e. The lowest BCUT2D eigenvalue weighted by molar-refractivity contribution is -0.0172. The second kappa shape index (κ2) is 4.50. The van der Waals surface area contributed by atoms with E-state index >= 15 is 0 Å². The van der Waals surface area contributed by atoms with Crippen molar-refractivity contribution < 1.29 is 5.11 Å². The molecule has 5 rings (SSSR count). The van der Waals surface area contributed by atoms with Gasteiger partial charge in [-0.2, -0.15) is 5.10 Å². The second-order valence-electron chi connectivity index (χ2n) is 9.09. The standard InChI is InChI=1S/C20H28N2O/c1-19-7-5-14(23)10-13(19)3-4-15-16(19)6-8-20(2)17(15)9-12-11-21-22-18(12)20/h3,11,14-17,23H,4-10H2,1-2H3,(H,21,22)/t14-,15-,16+,17-,19-,20-/m0/s1. The summed E-state index contributed by atoms with van der Waals surface area (Å²) in [5.41, 5.74) is 5.12. The first kappa shape index (κ1) is 14.3. The van der Waals surface area contributed by atoms with Crippen molar-refractivity contribution in [2.75, 3.05) is 0 Å². The van der Waals surface area contributed by atoms with Crippen molar-refractivity contribution in [2.24, 2.45) is 23.2 Å². The van der Waals surface area contributed by atoms with Crippen LogP contribution in [0.1, 0.15) is 63.6 Å². The quantitative estimate of drug-likeness (QED) is 0.717. The highest BCUT2D eigenvalue weighted by atomic mass is 16.3. The van der Waals surface area contributed by atoms with E-state index in [1.165, 1.54) is 43.4 Å². The highest BCUT2D eigenvalue weighted by Gasteiger charge is 2.57. The zero-order chi connectivity index (χ0) is 15.8. The summed E-state index contributed by atoms with van der Waals surface area (Å²) in [5.74, 6) is 2.38. The molecule has 124 valence electrons. The summed E-state index contributed by atoms with van der Waals surface area (Å²) in [7, 11) is 0. The fourth-order valence-corrected chi connectivity index (χ4v) is 6.85. The number of hydrogen-bond acceptors (Lipinski definition) is 2. The van der Waals surface area contributed by atoms with E-state index in [9.17, 15) is 5.11 Å². The van der Waals surface area contributed by atoms with E-state index in [1.54, 1.807) is 5.57 Å². The third-order valence-electron chi connectivity index (χ3n) is 8.20. The number of nitrogens with zero attached hydrogens (tertiary/aromatic N) is 1. The molecule has 0 bridgehead atoms. The molecule has 0 amide bonds. The molecule has 2 fully saturated rings. The smallest absolute Gasteiger partial charge is 0.0577 e. The van der Waals surface area contributed by atoms with E-state index in [2.05, 4.69) is 36.3 Å². The number of nitrogens with one attached hydrogen (secondary N) is 1. The van der Waals surface area contributed by atoms with Crippen LogP contribution in [0.25, 0.3) is 0 Å². The van der Waals surface area contributed by atoms with E-state index in [4.69, 9.17) is 0 Å². The summed E-state index contributed by atoms with van der Waals surface area (Å²) >= 11 is 0. The average Bonchev–Trinajstić information content (AvgIpc) is 3.09. The summed E-state index contributed by atoms with van der Waals surface area (Å²) in [6, 6.07) is 0. The molecule has 0 aromatic carbocycles. The Morgan fingerprint density at radius 3 is 2.83 bits per heavy atom. The molecule has 2 N–H and O–H groups in total. The maximum atomic E-state index is 10.1. The minimum absolute atomic E-state index is 0.0999. The highest BCUT2D eigenvalue weighted by Crippen LogP contribution is 2.63. The number of aliphatic hydroxyl groups is 1. The summed E-state index contributed by atoms with van der Waals surface area (Å²) in [6.45, 7) is 4.98. The summed E-state index contributed by atoms with van der Waals surface area (Å²) in [6.07, 6.45) is 12.6. The molecule has 3 nitrogen and oxygen atoms in total. The van der Waals surface area contributed by atoms with Crippen LogP contribution in [0.3, 0.4) is 0 Å². The molecule has 6 atom stereocenters. The van der Waals surface area contributed by atoms with Crippen molar-refractivity contribution in [1.82, 2.24) is 10.2 Å². The van der Waals surface area contributed by atoms with Gasteiger partial charge in [0.25, 0.3) is 0 Å². The lowest BCUT2D eigenvalue weighted by Crippen LogP contribution is -2.51. The number of aliphatic hydroxyl groups excluding tert-OH is 1. The summed E-state index contributed by atoms with van der Waals surface area (Å²) in [5, 5.41) is 17.7. The Labute approximate surface area is 138 Å². The van der Waals surface area contributed by atoms with Gasteiger partial charge in [0.1, 0.15) is 0 Å². The van der Waals surface area contributed by atoms with Crippen LogP contribution in [0.15, 0.2) is 17.8 Å². The molecule has 3 heteroatoms. The fraction of sp³-hybridized carbons (Fsp3) is 0.750. The van der Waals surface area contributed by atoms with Gasteiger partial charge in [-0.05, 0) is 73.7 Å². The topological polar surface area (TPSA) is 48.9 Å². The van der Waals surface area contributed by atoms with E-state index < -0.39 is 0 Å². The van der Waals surface area contributed by atoms with E-state index in [-0.39, 0.29) is 6.10 Å². The molecule has 0 aliphatic heterocycles. The predicted octanol–water partition coefficient (Wildman–Crippen LogP) is 3.75. The largest absolute Gasteiger partial charge is 0.393 e. The van der Waals surface area contributed by atoms with Gasteiger partial charge in [0.2, 0.25) is 0 Å². The van der Waals surface area contributed by atoms with Crippen molar-refractivity contribution in [3.05, 3.63) is 29.1 Å². The number of aromatic nitrogens is 2. The number of hydrogen-bond donors (Lipinski definition) is 2. The molecule has 0 unspecified atom stereocenters. The second-order valence-corrected chi connectivity index (χ2v) is 9.09. The molecule has 4 aliphatic carbocycles. The van der Waals surface area contributed by atoms with Crippen molar-refractivity contribution in [3.63, 3.8) is 0 Å². The number of aromatic amines is 1. The normalized spacial score (nSPS) is 48.0. The van der Waals surface area contributed by atoms with Gasteiger partial charge in [-0.25, -0.2) is 0 Å². The van der Waals surface area contributed by atoms with Crippen LogP contribution in [0, 0.1) is 23.2 Å². The molecule has 0 spiro atoms. The first-order chi connectivity index (χ1) is 11.0. The van der Waals surface area contributed by atoms with Crippen LogP contribution < -0.4 is 0 Å². The van der Waals surface area contributed by atoms with Crippen LogP contribution in [0.4, 0.5) is 0 Å². The van der Waals surface area contributed by atoms with Crippen LogP contribution >= 0.6 is 0 Å². The number of allylic oxidation sites excluding steroid dienone is 1. The molecule has 23 heavy (non-hydrogen) atoms. The van der Waals surface area contributed by atoms with Gasteiger partial charge in [-0.15, -0.1) is 0 Å². The van der Waals surface area contributed by atoms with Gasteiger partial charge in [-0.3, -0.25) is 5.10 Å². The molecule has 0 saturated heterocycles. The van der Waals surface area contributed by atoms with Crippen molar-refractivity contribution >= 4 is 0 Å². The monoisotopic (exact) mass is 312 g/mol. The molecule has 1 heterocycles. The Balaban J connectivity index is 1.53. The number of H-pyrrole nitrogens is 1.